The van der Waals surface area contributed by atoms with E-state index in [1.807, 2.05) is 30.3 Å². The topological polar surface area (TPSA) is 20.2 Å². The van der Waals surface area contributed by atoms with Crippen molar-refractivity contribution in [2.45, 2.75) is 51.0 Å². The lowest BCUT2D eigenvalue weighted by molar-refractivity contribution is 0.0645. The van der Waals surface area contributed by atoms with Crippen LogP contribution in [0.15, 0.2) is 30.3 Å². The Morgan fingerprint density at radius 1 is 1.11 bits per heavy atom. The summed E-state index contributed by atoms with van der Waals surface area (Å²) in [6.45, 7) is 0. The monoisotopic (exact) mass is 242 g/mol. The maximum Gasteiger partial charge on any atom is 0.0568 e. The van der Waals surface area contributed by atoms with Gasteiger partial charge in [0.25, 0.3) is 0 Å². The van der Waals surface area contributed by atoms with Crippen LogP contribution >= 0.6 is 0 Å². The van der Waals surface area contributed by atoms with E-state index in [2.05, 4.69) is 11.8 Å². The van der Waals surface area contributed by atoms with Crippen LogP contribution in [0.4, 0.5) is 0 Å². The predicted molar refractivity (Wildman–Crippen MR) is 75.1 cm³/mol. The predicted octanol–water partition coefficient (Wildman–Crippen LogP) is 3.76. The van der Waals surface area contributed by atoms with Gasteiger partial charge >= 0.3 is 0 Å². The average molecular weight is 242 g/mol. The molecule has 0 amide bonds. The van der Waals surface area contributed by atoms with Crippen molar-refractivity contribution in [2.24, 2.45) is 5.92 Å². The van der Waals surface area contributed by atoms with Crippen molar-refractivity contribution >= 4 is 0 Å². The van der Waals surface area contributed by atoms with Gasteiger partial charge in [0.1, 0.15) is 0 Å². The minimum absolute atomic E-state index is 0.0548. The quantitative estimate of drug-likeness (QED) is 0.632. The zero-order valence-electron chi connectivity index (χ0n) is 10.9. The first-order valence-corrected chi connectivity index (χ1v) is 7.08. The van der Waals surface area contributed by atoms with E-state index in [0.717, 1.165) is 31.2 Å². The number of hydrogen-bond acceptors (Lipinski definition) is 1. The Morgan fingerprint density at radius 2 is 1.89 bits per heavy atom. The Morgan fingerprint density at radius 3 is 2.67 bits per heavy atom. The minimum Gasteiger partial charge on any atom is -0.393 e. The maximum absolute atomic E-state index is 9.87. The highest BCUT2D eigenvalue weighted by molar-refractivity contribution is 5.33. The molecule has 2 rings (SSSR count). The molecule has 1 heteroatoms. The van der Waals surface area contributed by atoms with Gasteiger partial charge in [-0.15, -0.1) is 0 Å². The molecule has 1 aromatic carbocycles. The lowest BCUT2D eigenvalue weighted by atomic mass is 9.83. The molecule has 1 N–H and O–H groups in total. The first-order valence-electron chi connectivity index (χ1n) is 7.08. The number of aliphatic hydroxyl groups excluding tert-OH is 1. The van der Waals surface area contributed by atoms with Gasteiger partial charge in [-0.2, -0.15) is 0 Å². The highest BCUT2D eigenvalue weighted by Crippen LogP contribution is 2.28. The van der Waals surface area contributed by atoms with Gasteiger partial charge in [0, 0.05) is 12.0 Å². The molecule has 1 aliphatic carbocycles. The summed E-state index contributed by atoms with van der Waals surface area (Å²) in [7, 11) is 0. The van der Waals surface area contributed by atoms with E-state index < -0.39 is 0 Å². The molecule has 1 nitrogen and oxygen atoms in total. The van der Waals surface area contributed by atoms with Crippen molar-refractivity contribution in [1.82, 2.24) is 0 Å². The highest BCUT2D eigenvalue weighted by Gasteiger charge is 2.21. The van der Waals surface area contributed by atoms with Crippen LogP contribution in [0.2, 0.25) is 0 Å². The molecule has 1 aliphatic rings. The Bertz CT molecular complexity index is 399. The van der Waals surface area contributed by atoms with E-state index in [1.165, 1.54) is 19.3 Å². The van der Waals surface area contributed by atoms with Crippen molar-refractivity contribution in [2.75, 3.05) is 0 Å². The molecule has 2 unspecified atom stereocenters. The fraction of sp³-hybridized carbons (Fsp3) is 0.529. The van der Waals surface area contributed by atoms with Crippen molar-refractivity contribution in [3.8, 4) is 11.8 Å². The molecular formula is C17H22O. The van der Waals surface area contributed by atoms with Crippen molar-refractivity contribution < 1.29 is 5.11 Å². The molecule has 0 bridgehead atoms. The summed E-state index contributed by atoms with van der Waals surface area (Å²) >= 11 is 0. The molecule has 0 spiro atoms. The van der Waals surface area contributed by atoms with Gasteiger partial charge < -0.3 is 5.11 Å². The fourth-order valence-corrected chi connectivity index (χ4v) is 2.66. The molecule has 18 heavy (non-hydrogen) atoms. The Labute approximate surface area is 110 Å². The molecule has 96 valence electrons. The number of rotatable bonds is 3. The van der Waals surface area contributed by atoms with Crippen molar-refractivity contribution in [3.63, 3.8) is 0 Å². The van der Waals surface area contributed by atoms with E-state index in [-0.39, 0.29) is 6.10 Å². The largest absolute Gasteiger partial charge is 0.393 e. The SMILES string of the molecule is OC1CCCCC1CCCC#Cc1ccccc1. The van der Waals surface area contributed by atoms with Crippen LogP contribution in [-0.2, 0) is 0 Å². The van der Waals surface area contributed by atoms with Crippen LogP contribution in [0.5, 0.6) is 0 Å². The van der Waals surface area contributed by atoms with Crippen LogP contribution < -0.4 is 0 Å². The van der Waals surface area contributed by atoms with Crippen LogP contribution in [0.25, 0.3) is 0 Å². The second-order valence-corrected chi connectivity index (χ2v) is 5.17. The summed E-state index contributed by atoms with van der Waals surface area (Å²) in [5.74, 6) is 6.93. The number of benzene rings is 1. The highest BCUT2D eigenvalue weighted by atomic mass is 16.3. The van der Waals surface area contributed by atoms with Crippen molar-refractivity contribution in [3.05, 3.63) is 35.9 Å². The first-order chi connectivity index (χ1) is 8.86. The van der Waals surface area contributed by atoms with Crippen molar-refractivity contribution in [1.29, 1.82) is 0 Å². The van der Waals surface area contributed by atoms with Gasteiger partial charge in [-0.05, 0) is 43.7 Å². The molecule has 1 saturated carbocycles. The Hall–Kier alpha value is -1.26. The van der Waals surface area contributed by atoms with E-state index in [4.69, 9.17) is 0 Å². The lowest BCUT2D eigenvalue weighted by Gasteiger charge is -2.27. The summed E-state index contributed by atoms with van der Waals surface area (Å²) in [6.07, 6.45) is 7.82. The number of unbranched alkanes of at least 4 members (excludes halogenated alkanes) is 1. The number of hydrogen-bond donors (Lipinski definition) is 1. The third kappa shape index (κ3) is 4.20. The van der Waals surface area contributed by atoms with Gasteiger partial charge in [0.2, 0.25) is 0 Å². The molecule has 2 atom stereocenters. The molecule has 0 radical (unpaired) electrons. The summed E-state index contributed by atoms with van der Waals surface area (Å²) in [5, 5.41) is 9.87. The van der Waals surface area contributed by atoms with Crippen LogP contribution in [-0.4, -0.2) is 11.2 Å². The second-order valence-electron chi connectivity index (χ2n) is 5.17. The molecule has 0 aromatic heterocycles. The van der Waals surface area contributed by atoms with Gasteiger partial charge in [0.05, 0.1) is 6.10 Å². The smallest absolute Gasteiger partial charge is 0.0568 e. The second kappa shape index (κ2) is 7.24. The molecule has 1 fully saturated rings. The van der Waals surface area contributed by atoms with Gasteiger partial charge in [-0.25, -0.2) is 0 Å². The van der Waals surface area contributed by atoms with Gasteiger partial charge in [-0.3, -0.25) is 0 Å². The van der Waals surface area contributed by atoms with Gasteiger partial charge in [-0.1, -0.05) is 42.9 Å². The Balaban J connectivity index is 1.68. The molecule has 1 aromatic rings. The standard InChI is InChI=1S/C17H22O/c18-17-14-8-7-13-16(17)12-6-2-5-11-15-9-3-1-4-10-15/h1,3-4,9-10,16-18H,2,6-8,12-14H2. The van der Waals surface area contributed by atoms with E-state index in [0.29, 0.717) is 5.92 Å². The average Bonchev–Trinajstić information content (AvgIpc) is 2.42. The zero-order chi connectivity index (χ0) is 12.6. The van der Waals surface area contributed by atoms with Crippen LogP contribution in [0, 0.1) is 17.8 Å². The molecule has 0 saturated heterocycles. The molecular weight excluding hydrogens is 220 g/mol. The third-order valence-electron chi connectivity index (χ3n) is 3.75. The summed E-state index contributed by atoms with van der Waals surface area (Å²) in [4.78, 5) is 0. The van der Waals surface area contributed by atoms with Crippen LogP contribution in [0.1, 0.15) is 50.5 Å². The number of aliphatic hydroxyl groups is 1. The van der Waals surface area contributed by atoms with Gasteiger partial charge in [0.15, 0.2) is 0 Å². The summed E-state index contributed by atoms with van der Waals surface area (Å²) in [6, 6.07) is 10.1. The van der Waals surface area contributed by atoms with E-state index in [9.17, 15) is 5.11 Å². The minimum atomic E-state index is -0.0548. The first kappa shape index (κ1) is 13.2. The Kier molecular flexibility index (Phi) is 5.30. The molecule has 0 heterocycles. The molecule has 0 aliphatic heterocycles. The fourth-order valence-electron chi connectivity index (χ4n) is 2.66. The van der Waals surface area contributed by atoms with Crippen LogP contribution in [0.3, 0.4) is 0 Å². The lowest BCUT2D eigenvalue weighted by Crippen LogP contribution is -2.24. The third-order valence-corrected chi connectivity index (χ3v) is 3.75. The zero-order valence-corrected chi connectivity index (χ0v) is 10.9. The van der Waals surface area contributed by atoms with E-state index in [1.54, 1.807) is 0 Å². The summed E-state index contributed by atoms with van der Waals surface area (Å²) in [5.41, 5.74) is 1.09. The summed E-state index contributed by atoms with van der Waals surface area (Å²) < 4.78 is 0. The normalized spacial score (nSPS) is 23.2. The maximum atomic E-state index is 9.87. The van der Waals surface area contributed by atoms with E-state index >= 15 is 0 Å².